The van der Waals surface area contributed by atoms with Gasteiger partial charge in [0.2, 0.25) is 0 Å². The van der Waals surface area contributed by atoms with Crippen LogP contribution in [-0.2, 0) is 16.9 Å². The lowest BCUT2D eigenvalue weighted by Crippen LogP contribution is -2.44. The van der Waals surface area contributed by atoms with Gasteiger partial charge in [0, 0.05) is 18.2 Å². The summed E-state index contributed by atoms with van der Waals surface area (Å²) < 4.78 is 35.2. The molecule has 148 valence electrons. The van der Waals surface area contributed by atoms with Gasteiger partial charge in [0.05, 0.1) is 18.7 Å². The Labute approximate surface area is 164 Å². The van der Waals surface area contributed by atoms with Crippen LogP contribution in [0.5, 0.6) is 0 Å². The van der Waals surface area contributed by atoms with Gasteiger partial charge in [-0.2, -0.15) is 0 Å². The van der Waals surface area contributed by atoms with E-state index in [0.29, 0.717) is 24.2 Å². The van der Waals surface area contributed by atoms with Gasteiger partial charge in [0.15, 0.2) is 5.82 Å². The summed E-state index contributed by atoms with van der Waals surface area (Å²) in [5.41, 5.74) is -0.396. The molecule has 2 heterocycles. The van der Waals surface area contributed by atoms with Crippen molar-refractivity contribution in [2.45, 2.75) is 18.6 Å². The smallest absolute Gasteiger partial charge is 0.335 e. The number of carboxylic acid groups (broad SMARTS) is 1. The van der Waals surface area contributed by atoms with Crippen molar-refractivity contribution in [1.29, 1.82) is 0 Å². The molecule has 7 heteroatoms. The van der Waals surface area contributed by atoms with Crippen LogP contribution in [0.25, 0.3) is 0 Å². The molecule has 0 amide bonds. The normalized spacial score (nSPS) is 18.3. The van der Waals surface area contributed by atoms with Crippen LogP contribution in [0.3, 0.4) is 0 Å². The molecule has 29 heavy (non-hydrogen) atoms. The van der Waals surface area contributed by atoms with E-state index < -0.39 is 28.8 Å². The van der Waals surface area contributed by atoms with Gasteiger partial charge in [0.1, 0.15) is 11.4 Å². The van der Waals surface area contributed by atoms with Gasteiger partial charge in [-0.05, 0) is 41.5 Å². The topological polar surface area (TPSA) is 68.5 Å². The van der Waals surface area contributed by atoms with Crippen molar-refractivity contribution in [3.05, 3.63) is 105 Å². The molecular formula is C22H17F2NO4. The van der Waals surface area contributed by atoms with Gasteiger partial charge in [0.25, 0.3) is 5.56 Å². The van der Waals surface area contributed by atoms with Gasteiger partial charge >= 0.3 is 5.97 Å². The highest BCUT2D eigenvalue weighted by molar-refractivity contribution is 5.87. The average molecular weight is 397 g/mol. The van der Waals surface area contributed by atoms with Crippen LogP contribution in [0.4, 0.5) is 8.78 Å². The second-order valence-electron chi connectivity index (χ2n) is 6.91. The Balaban J connectivity index is 1.67. The van der Waals surface area contributed by atoms with Gasteiger partial charge < -0.3 is 14.4 Å². The third-order valence-corrected chi connectivity index (χ3v) is 5.21. The number of rotatable bonds is 5. The van der Waals surface area contributed by atoms with E-state index in [2.05, 4.69) is 0 Å². The van der Waals surface area contributed by atoms with Crippen molar-refractivity contribution in [2.24, 2.45) is 0 Å². The summed E-state index contributed by atoms with van der Waals surface area (Å²) in [4.78, 5) is 23.6. The fourth-order valence-corrected chi connectivity index (χ4v) is 3.55. The number of ether oxygens (including phenoxy) is 1. The third kappa shape index (κ3) is 3.34. The number of hydrogen-bond donors (Lipinski definition) is 1. The minimum Gasteiger partial charge on any atom is -0.478 e. The molecule has 1 unspecified atom stereocenters. The molecule has 0 spiro atoms. The Morgan fingerprint density at radius 1 is 1.07 bits per heavy atom. The largest absolute Gasteiger partial charge is 0.478 e. The van der Waals surface area contributed by atoms with E-state index in [1.54, 1.807) is 12.1 Å². The van der Waals surface area contributed by atoms with Crippen LogP contribution in [0.15, 0.2) is 65.6 Å². The zero-order chi connectivity index (χ0) is 20.6. The molecule has 0 bridgehead atoms. The summed E-state index contributed by atoms with van der Waals surface area (Å²) >= 11 is 0. The van der Waals surface area contributed by atoms with Crippen molar-refractivity contribution in [1.82, 2.24) is 4.57 Å². The fourth-order valence-electron chi connectivity index (χ4n) is 3.55. The SMILES string of the molecule is O=C(O)c1ccc(Cn2ccc(C3(c4ccc(F)cc4)CCO3)c(F)c2=O)cc1. The Bertz CT molecular complexity index is 1120. The van der Waals surface area contributed by atoms with Crippen LogP contribution in [0, 0.1) is 11.6 Å². The average Bonchev–Trinajstić information content (AvgIpc) is 2.68. The maximum Gasteiger partial charge on any atom is 0.335 e. The van der Waals surface area contributed by atoms with Gasteiger partial charge in [-0.15, -0.1) is 0 Å². The fraction of sp³-hybridized carbons (Fsp3) is 0.182. The monoisotopic (exact) mass is 397 g/mol. The Kier molecular flexibility index (Phi) is 4.76. The third-order valence-electron chi connectivity index (χ3n) is 5.21. The molecule has 3 aromatic rings. The quantitative estimate of drug-likeness (QED) is 0.715. The highest BCUT2D eigenvalue weighted by atomic mass is 19.1. The van der Waals surface area contributed by atoms with E-state index in [4.69, 9.17) is 9.84 Å². The first-order valence-corrected chi connectivity index (χ1v) is 9.02. The summed E-state index contributed by atoms with van der Waals surface area (Å²) in [6.45, 7) is 0.510. The lowest BCUT2D eigenvalue weighted by atomic mass is 9.80. The number of halogens is 2. The lowest BCUT2D eigenvalue weighted by Gasteiger charge is -2.42. The maximum absolute atomic E-state index is 15.1. The number of aromatic nitrogens is 1. The number of carbonyl (C=O) groups is 1. The first-order chi connectivity index (χ1) is 13.9. The Morgan fingerprint density at radius 2 is 1.72 bits per heavy atom. The molecule has 1 fully saturated rings. The molecule has 0 aliphatic carbocycles. The molecule has 1 atom stereocenters. The maximum atomic E-state index is 15.1. The van der Waals surface area contributed by atoms with Gasteiger partial charge in [-0.3, -0.25) is 4.79 Å². The zero-order valence-corrected chi connectivity index (χ0v) is 15.3. The highest BCUT2D eigenvalue weighted by Crippen LogP contribution is 2.44. The number of aromatic carboxylic acids is 1. The van der Waals surface area contributed by atoms with Crippen LogP contribution in [-0.4, -0.2) is 22.2 Å². The molecule has 0 radical (unpaired) electrons. The summed E-state index contributed by atoms with van der Waals surface area (Å²) in [6.07, 6.45) is 1.97. The van der Waals surface area contributed by atoms with Crippen LogP contribution < -0.4 is 5.56 Å². The number of carboxylic acids is 1. The van der Waals surface area contributed by atoms with Crippen molar-refractivity contribution in [3.63, 3.8) is 0 Å². The van der Waals surface area contributed by atoms with Crippen molar-refractivity contribution < 1.29 is 23.4 Å². The zero-order valence-electron chi connectivity index (χ0n) is 15.3. The second-order valence-corrected chi connectivity index (χ2v) is 6.91. The van der Waals surface area contributed by atoms with E-state index in [1.165, 1.54) is 53.2 Å². The van der Waals surface area contributed by atoms with E-state index >= 15 is 4.39 Å². The van der Waals surface area contributed by atoms with Crippen LogP contribution in [0.1, 0.15) is 33.5 Å². The summed E-state index contributed by atoms with van der Waals surface area (Å²) in [6, 6.07) is 13.1. The van der Waals surface area contributed by atoms with Crippen molar-refractivity contribution in [2.75, 3.05) is 6.61 Å². The standard InChI is InChI=1S/C22H17F2NO4/c23-17-7-5-16(6-8-17)22(10-12-29-22)18-9-11-25(20(26)19(18)24)13-14-1-3-15(4-2-14)21(27)28/h1-9,11H,10,12-13H2,(H,27,28). The van der Waals surface area contributed by atoms with E-state index in [0.717, 1.165) is 0 Å². The number of nitrogens with zero attached hydrogens (tertiary/aromatic N) is 1. The van der Waals surface area contributed by atoms with Crippen LogP contribution >= 0.6 is 0 Å². The van der Waals surface area contributed by atoms with Crippen LogP contribution in [0.2, 0.25) is 0 Å². The minimum atomic E-state index is -1.10. The molecule has 0 saturated carbocycles. The number of benzene rings is 2. The van der Waals surface area contributed by atoms with Crippen molar-refractivity contribution in [3.8, 4) is 0 Å². The summed E-state index contributed by atoms with van der Waals surface area (Å²) in [5.74, 6) is -2.37. The molecule has 1 aromatic heterocycles. The molecule has 4 rings (SSSR count). The molecular weight excluding hydrogens is 380 g/mol. The molecule has 1 saturated heterocycles. The minimum absolute atomic E-state index is 0.0976. The first-order valence-electron chi connectivity index (χ1n) is 9.02. The highest BCUT2D eigenvalue weighted by Gasteiger charge is 2.44. The molecule has 2 aromatic carbocycles. The van der Waals surface area contributed by atoms with E-state index in [1.807, 2.05) is 0 Å². The first kappa shape index (κ1) is 19.0. The predicted octanol–water partition coefficient (Wildman–Crippen LogP) is 3.54. The number of pyridine rings is 1. The molecule has 1 aliphatic rings. The second kappa shape index (κ2) is 7.25. The van der Waals surface area contributed by atoms with Gasteiger partial charge in [-0.1, -0.05) is 24.3 Å². The molecule has 1 aliphatic heterocycles. The predicted molar refractivity (Wildman–Crippen MR) is 101 cm³/mol. The summed E-state index contributed by atoms with van der Waals surface area (Å²) in [5, 5.41) is 8.95. The van der Waals surface area contributed by atoms with Crippen molar-refractivity contribution >= 4 is 5.97 Å². The lowest BCUT2D eigenvalue weighted by molar-refractivity contribution is -0.125. The molecule has 1 N–H and O–H groups in total. The number of hydrogen-bond acceptors (Lipinski definition) is 3. The Hall–Kier alpha value is -3.32. The van der Waals surface area contributed by atoms with E-state index in [-0.39, 0.29) is 17.7 Å². The van der Waals surface area contributed by atoms with E-state index in [9.17, 15) is 14.0 Å². The van der Waals surface area contributed by atoms with Gasteiger partial charge in [-0.25, -0.2) is 13.6 Å². The molecule has 5 nitrogen and oxygen atoms in total. The summed E-state index contributed by atoms with van der Waals surface area (Å²) in [7, 11) is 0. The Morgan fingerprint density at radius 3 is 2.28 bits per heavy atom.